The lowest BCUT2D eigenvalue weighted by atomic mass is 9.76. The Kier molecular flexibility index (Phi) is 7.50. The summed E-state index contributed by atoms with van der Waals surface area (Å²) in [5.41, 5.74) is 5.00. The molecule has 2 rings (SSSR count). The van der Waals surface area contributed by atoms with Crippen LogP contribution >= 0.6 is 0 Å². The first-order valence-electron chi connectivity index (χ1n) is 9.69. The number of hydrogen-bond donors (Lipinski definition) is 2. The molecule has 0 aromatic heterocycles. The second kappa shape index (κ2) is 9.26. The molecule has 0 radical (unpaired) electrons. The van der Waals surface area contributed by atoms with Crippen LogP contribution in [-0.4, -0.2) is 56.0 Å². The molecule has 0 saturated carbocycles. The average Bonchev–Trinajstić information content (AvgIpc) is 2.87. The molecule has 0 aliphatic carbocycles. The Hall–Kier alpha value is -1.61. The molecule has 1 aliphatic rings. The first-order valence-corrected chi connectivity index (χ1v) is 9.69. The number of ether oxygens (including phenoxy) is 2. The quantitative estimate of drug-likeness (QED) is 0.624. The maximum atomic E-state index is 12.6. The van der Waals surface area contributed by atoms with Crippen molar-refractivity contribution in [1.29, 1.82) is 0 Å². The van der Waals surface area contributed by atoms with Crippen LogP contribution in [0.3, 0.4) is 0 Å². The molecule has 1 aromatic rings. The molecule has 3 unspecified atom stereocenters. The lowest BCUT2D eigenvalue weighted by Gasteiger charge is -2.32. The summed E-state index contributed by atoms with van der Waals surface area (Å²) in [5, 5.41) is 2.96. The van der Waals surface area contributed by atoms with Gasteiger partial charge in [0.1, 0.15) is 11.8 Å². The van der Waals surface area contributed by atoms with E-state index < -0.39 is 36.4 Å². The van der Waals surface area contributed by atoms with Crippen LogP contribution in [0, 0.1) is 0 Å². The van der Waals surface area contributed by atoms with Crippen LogP contribution in [0.1, 0.15) is 41.0 Å². The van der Waals surface area contributed by atoms with Crippen molar-refractivity contribution in [3.63, 3.8) is 0 Å². The number of nitrogens with two attached hydrogens (primary N) is 1. The summed E-state index contributed by atoms with van der Waals surface area (Å²) < 4.78 is 23.2. The normalized spacial score (nSPS) is 21.0. The predicted molar refractivity (Wildman–Crippen MR) is 109 cm³/mol. The molecule has 0 bridgehead atoms. The van der Waals surface area contributed by atoms with Gasteiger partial charge in [0.2, 0.25) is 5.91 Å². The highest BCUT2D eigenvalue weighted by molar-refractivity contribution is 6.48. The molecular weight excluding hydrogens is 359 g/mol. The summed E-state index contributed by atoms with van der Waals surface area (Å²) in [6, 6.07) is 8.74. The van der Waals surface area contributed by atoms with Gasteiger partial charge >= 0.3 is 7.12 Å². The van der Waals surface area contributed by atoms with E-state index in [-0.39, 0.29) is 5.91 Å². The summed E-state index contributed by atoms with van der Waals surface area (Å²) in [4.78, 5) is 12.6. The fraction of sp³-hybridized carbons (Fsp3) is 0.650. The number of nitrogens with one attached hydrogen (secondary N) is 1. The van der Waals surface area contributed by atoms with E-state index in [0.717, 1.165) is 5.75 Å². The summed E-state index contributed by atoms with van der Waals surface area (Å²) in [5.74, 6) is 0.0485. The smallest absolute Gasteiger partial charge is 0.481 e. The Labute approximate surface area is 168 Å². The van der Waals surface area contributed by atoms with Crippen LogP contribution in [0.15, 0.2) is 30.3 Å². The van der Waals surface area contributed by atoms with Crippen LogP contribution in [0.5, 0.6) is 5.75 Å². The van der Waals surface area contributed by atoms with Crippen LogP contribution in [0.2, 0.25) is 0 Å². The third-order valence-electron chi connectivity index (χ3n) is 5.55. The molecule has 1 heterocycles. The number of amides is 1. The predicted octanol–water partition coefficient (Wildman–Crippen LogP) is 1.93. The van der Waals surface area contributed by atoms with Gasteiger partial charge in [0.05, 0.1) is 29.9 Å². The van der Waals surface area contributed by atoms with E-state index in [1.54, 1.807) is 6.92 Å². The van der Waals surface area contributed by atoms with Gasteiger partial charge in [0, 0.05) is 13.5 Å². The lowest BCUT2D eigenvalue weighted by molar-refractivity contribution is -0.125. The summed E-state index contributed by atoms with van der Waals surface area (Å²) in [6.07, 6.45) is 0.102. The van der Waals surface area contributed by atoms with Crippen molar-refractivity contribution in [2.24, 2.45) is 5.73 Å². The zero-order valence-corrected chi connectivity index (χ0v) is 17.7. The summed E-state index contributed by atoms with van der Waals surface area (Å²) in [7, 11) is 0.926. The zero-order valence-electron chi connectivity index (χ0n) is 17.7. The third kappa shape index (κ3) is 5.47. The number of methoxy groups -OCH3 is 1. The van der Waals surface area contributed by atoms with Crippen molar-refractivity contribution in [3.05, 3.63) is 30.3 Å². The van der Waals surface area contributed by atoms with Gasteiger partial charge in [-0.3, -0.25) is 4.79 Å². The minimum absolute atomic E-state index is 0.311. The molecule has 3 atom stereocenters. The highest BCUT2D eigenvalue weighted by atomic mass is 16.7. The van der Waals surface area contributed by atoms with E-state index in [9.17, 15) is 4.79 Å². The molecule has 28 heavy (non-hydrogen) atoms. The molecule has 0 spiro atoms. The van der Waals surface area contributed by atoms with E-state index in [1.165, 1.54) is 7.11 Å². The first-order chi connectivity index (χ1) is 13.1. The average molecular weight is 392 g/mol. The van der Waals surface area contributed by atoms with Crippen LogP contribution in [0.25, 0.3) is 0 Å². The number of carbonyl (C=O) groups is 1. The molecule has 1 fully saturated rings. The molecule has 1 amide bonds. The monoisotopic (exact) mass is 392 g/mol. The summed E-state index contributed by atoms with van der Waals surface area (Å²) in [6.45, 7) is 10.1. The number of benzene rings is 1. The van der Waals surface area contributed by atoms with Gasteiger partial charge in [-0.1, -0.05) is 18.2 Å². The van der Waals surface area contributed by atoms with E-state index in [0.29, 0.717) is 13.0 Å². The third-order valence-corrected chi connectivity index (χ3v) is 5.55. The topological polar surface area (TPSA) is 92.0 Å². The van der Waals surface area contributed by atoms with E-state index >= 15 is 0 Å². The van der Waals surface area contributed by atoms with Crippen molar-refractivity contribution in [2.75, 3.05) is 13.7 Å². The molecule has 7 nitrogen and oxygen atoms in total. The Morgan fingerprint density at radius 1 is 1.18 bits per heavy atom. The highest BCUT2D eigenvalue weighted by Crippen LogP contribution is 2.37. The standard InChI is InChI=1S/C20H33BN2O5/c1-14(25-6)17(22)18(24)23-16(12-13-26-15-10-8-7-9-11-15)21-27-19(2,3)20(4,5)28-21/h7-11,14,16-17H,12-13,22H2,1-6H3,(H,23,24). The molecule has 1 saturated heterocycles. The van der Waals surface area contributed by atoms with Gasteiger partial charge in [-0.05, 0) is 46.8 Å². The second-order valence-electron chi connectivity index (χ2n) is 8.16. The highest BCUT2D eigenvalue weighted by Gasteiger charge is 2.54. The number of rotatable bonds is 9. The Morgan fingerprint density at radius 2 is 1.75 bits per heavy atom. The maximum Gasteiger partial charge on any atom is 0.481 e. The second-order valence-corrected chi connectivity index (χ2v) is 8.16. The van der Waals surface area contributed by atoms with Gasteiger partial charge < -0.3 is 29.8 Å². The van der Waals surface area contributed by atoms with E-state index in [4.69, 9.17) is 24.5 Å². The van der Waals surface area contributed by atoms with E-state index in [2.05, 4.69) is 5.32 Å². The zero-order chi connectivity index (χ0) is 20.9. The van der Waals surface area contributed by atoms with Crippen LogP contribution < -0.4 is 15.8 Å². The van der Waals surface area contributed by atoms with E-state index in [1.807, 2.05) is 58.0 Å². The molecule has 8 heteroatoms. The van der Waals surface area contributed by atoms with Gasteiger partial charge in [-0.2, -0.15) is 0 Å². The molecule has 1 aliphatic heterocycles. The van der Waals surface area contributed by atoms with Gasteiger partial charge in [-0.25, -0.2) is 0 Å². The Morgan fingerprint density at radius 3 is 2.29 bits per heavy atom. The van der Waals surface area contributed by atoms with Crippen molar-refractivity contribution < 1.29 is 23.6 Å². The van der Waals surface area contributed by atoms with Crippen molar-refractivity contribution >= 4 is 13.0 Å². The minimum Gasteiger partial charge on any atom is -0.494 e. The van der Waals surface area contributed by atoms with Crippen molar-refractivity contribution in [1.82, 2.24) is 5.32 Å². The molecule has 1 aromatic carbocycles. The molecule has 3 N–H and O–H groups in total. The number of hydrogen-bond acceptors (Lipinski definition) is 6. The van der Waals surface area contributed by atoms with Crippen molar-refractivity contribution in [2.45, 2.75) is 70.3 Å². The van der Waals surface area contributed by atoms with Crippen LogP contribution in [-0.2, 0) is 18.8 Å². The maximum absolute atomic E-state index is 12.6. The lowest BCUT2D eigenvalue weighted by Crippen LogP contribution is -2.55. The molecular formula is C20H33BN2O5. The van der Waals surface area contributed by atoms with Gasteiger partial charge in [0.15, 0.2) is 0 Å². The Bertz CT molecular complexity index is 625. The minimum atomic E-state index is -0.787. The molecule has 156 valence electrons. The SMILES string of the molecule is COC(C)C(N)C(=O)NC(CCOc1ccccc1)B1OC(C)(C)C(C)(C)O1. The fourth-order valence-corrected chi connectivity index (χ4v) is 2.79. The fourth-order valence-electron chi connectivity index (χ4n) is 2.79. The number of para-hydroxylation sites is 1. The largest absolute Gasteiger partial charge is 0.494 e. The Balaban J connectivity index is 2.06. The van der Waals surface area contributed by atoms with Gasteiger partial charge in [-0.15, -0.1) is 0 Å². The van der Waals surface area contributed by atoms with Crippen LogP contribution in [0.4, 0.5) is 0 Å². The van der Waals surface area contributed by atoms with Gasteiger partial charge in [0.25, 0.3) is 0 Å². The first kappa shape index (κ1) is 22.7. The van der Waals surface area contributed by atoms with Crippen molar-refractivity contribution in [3.8, 4) is 5.75 Å². The summed E-state index contributed by atoms with van der Waals surface area (Å²) >= 11 is 0. The number of carbonyl (C=O) groups excluding carboxylic acids is 1.